The number of hydrogen-bond acceptors (Lipinski definition) is 2. The molecule has 2 heteroatoms. The zero-order chi connectivity index (χ0) is 9.84. The lowest BCUT2D eigenvalue weighted by Crippen LogP contribution is -2.28. The Bertz CT molecular complexity index is 177. The second-order valence-corrected chi connectivity index (χ2v) is 4.25. The van der Waals surface area contributed by atoms with Gasteiger partial charge < -0.3 is 4.74 Å². The number of cyclic esters (lactones) is 1. The summed E-state index contributed by atoms with van der Waals surface area (Å²) in [5.74, 6) is 1.30. The van der Waals surface area contributed by atoms with E-state index in [4.69, 9.17) is 4.74 Å². The third-order valence-electron chi connectivity index (χ3n) is 3.16. The minimum absolute atomic E-state index is 0.00116. The summed E-state index contributed by atoms with van der Waals surface area (Å²) < 4.78 is 5.16. The minimum atomic E-state index is -0.00116. The Morgan fingerprint density at radius 3 is 2.77 bits per heavy atom. The average molecular weight is 184 g/mol. The number of carbonyl (C=O) groups excluding carboxylic acids is 1. The number of ether oxygens (including phenoxy) is 1. The summed E-state index contributed by atoms with van der Waals surface area (Å²) in [5, 5.41) is 0. The molecule has 1 heterocycles. The Kier molecular flexibility index (Phi) is 3.76. The monoisotopic (exact) mass is 184 g/mol. The van der Waals surface area contributed by atoms with Gasteiger partial charge in [0.2, 0.25) is 0 Å². The Morgan fingerprint density at radius 2 is 2.15 bits per heavy atom. The number of carbonyl (C=O) groups is 1. The Morgan fingerprint density at radius 1 is 1.46 bits per heavy atom. The molecule has 0 N–H and O–H groups in total. The van der Waals surface area contributed by atoms with Crippen molar-refractivity contribution in [2.45, 2.75) is 40.0 Å². The molecule has 13 heavy (non-hydrogen) atoms. The molecule has 0 aromatic carbocycles. The highest BCUT2D eigenvalue weighted by Crippen LogP contribution is 2.28. The molecular formula is C11H20O2. The van der Waals surface area contributed by atoms with E-state index in [1.165, 1.54) is 6.42 Å². The van der Waals surface area contributed by atoms with E-state index in [-0.39, 0.29) is 11.9 Å². The number of rotatable bonds is 1. The molecule has 1 saturated heterocycles. The van der Waals surface area contributed by atoms with Crippen molar-refractivity contribution < 1.29 is 9.53 Å². The molecule has 76 valence electrons. The fourth-order valence-corrected chi connectivity index (χ4v) is 2.04. The van der Waals surface area contributed by atoms with Crippen LogP contribution < -0.4 is 0 Å². The van der Waals surface area contributed by atoms with Gasteiger partial charge in [-0.15, -0.1) is 0 Å². The molecule has 0 aliphatic carbocycles. The van der Waals surface area contributed by atoms with Crippen LogP contribution in [0, 0.1) is 17.8 Å². The highest BCUT2D eigenvalue weighted by Gasteiger charge is 2.27. The minimum Gasteiger partial charge on any atom is -0.465 e. The van der Waals surface area contributed by atoms with E-state index in [1.807, 2.05) is 6.92 Å². The van der Waals surface area contributed by atoms with Crippen molar-refractivity contribution in [3.05, 3.63) is 0 Å². The molecule has 1 rings (SSSR count). The van der Waals surface area contributed by atoms with E-state index in [2.05, 4.69) is 13.8 Å². The predicted octanol–water partition coefficient (Wildman–Crippen LogP) is 2.62. The standard InChI is InChI=1S/C11H20O2/c1-4-10-7-8(2)5-6-13-11(12)9(10)3/h8-10H,4-7H2,1-3H3. The average Bonchev–Trinajstić information content (AvgIpc) is 2.11. The second kappa shape index (κ2) is 4.64. The molecule has 0 aromatic heterocycles. The lowest BCUT2D eigenvalue weighted by molar-refractivity contribution is -0.152. The van der Waals surface area contributed by atoms with Crippen LogP contribution in [-0.4, -0.2) is 12.6 Å². The van der Waals surface area contributed by atoms with Crippen molar-refractivity contribution in [2.75, 3.05) is 6.61 Å². The van der Waals surface area contributed by atoms with Crippen LogP contribution in [0.4, 0.5) is 0 Å². The van der Waals surface area contributed by atoms with Crippen molar-refractivity contribution in [3.8, 4) is 0 Å². The number of hydrogen-bond donors (Lipinski definition) is 0. The molecule has 0 amide bonds. The molecule has 1 aliphatic heterocycles. The van der Waals surface area contributed by atoms with Crippen molar-refractivity contribution in [1.29, 1.82) is 0 Å². The van der Waals surface area contributed by atoms with Crippen molar-refractivity contribution in [1.82, 2.24) is 0 Å². The first-order valence-electron chi connectivity index (χ1n) is 5.31. The molecule has 1 aliphatic rings. The smallest absolute Gasteiger partial charge is 0.308 e. The van der Waals surface area contributed by atoms with Gasteiger partial charge in [0.1, 0.15) is 0 Å². The first-order chi connectivity index (χ1) is 6.15. The molecule has 3 atom stereocenters. The number of esters is 1. The van der Waals surface area contributed by atoms with E-state index in [0.717, 1.165) is 12.8 Å². The molecular weight excluding hydrogens is 164 g/mol. The normalized spacial score (nSPS) is 36.2. The Labute approximate surface area is 80.7 Å². The van der Waals surface area contributed by atoms with Crippen molar-refractivity contribution >= 4 is 5.97 Å². The zero-order valence-corrected chi connectivity index (χ0v) is 8.88. The predicted molar refractivity (Wildman–Crippen MR) is 52.3 cm³/mol. The molecule has 0 radical (unpaired) electrons. The quantitative estimate of drug-likeness (QED) is 0.585. The van der Waals surface area contributed by atoms with Gasteiger partial charge in [-0.25, -0.2) is 0 Å². The summed E-state index contributed by atoms with van der Waals surface area (Å²) >= 11 is 0. The molecule has 0 bridgehead atoms. The van der Waals surface area contributed by atoms with E-state index in [0.29, 0.717) is 18.4 Å². The maximum absolute atomic E-state index is 11.4. The van der Waals surface area contributed by atoms with Crippen LogP contribution in [0.15, 0.2) is 0 Å². The maximum atomic E-state index is 11.4. The van der Waals surface area contributed by atoms with Crippen LogP contribution >= 0.6 is 0 Å². The van der Waals surface area contributed by atoms with E-state index in [9.17, 15) is 4.79 Å². The van der Waals surface area contributed by atoms with Crippen LogP contribution in [0.1, 0.15) is 40.0 Å². The van der Waals surface area contributed by atoms with Gasteiger partial charge in [0.05, 0.1) is 12.5 Å². The Balaban J connectivity index is 2.61. The van der Waals surface area contributed by atoms with Crippen LogP contribution in [0.5, 0.6) is 0 Å². The van der Waals surface area contributed by atoms with Crippen molar-refractivity contribution in [3.63, 3.8) is 0 Å². The van der Waals surface area contributed by atoms with E-state index in [1.54, 1.807) is 0 Å². The van der Waals surface area contributed by atoms with Gasteiger partial charge in [-0.1, -0.05) is 27.2 Å². The van der Waals surface area contributed by atoms with Crippen LogP contribution in [-0.2, 0) is 9.53 Å². The van der Waals surface area contributed by atoms with Gasteiger partial charge in [0.25, 0.3) is 0 Å². The summed E-state index contributed by atoms with van der Waals surface area (Å²) in [7, 11) is 0. The second-order valence-electron chi connectivity index (χ2n) is 4.25. The molecule has 0 spiro atoms. The van der Waals surface area contributed by atoms with Gasteiger partial charge in [-0.3, -0.25) is 4.79 Å². The molecule has 3 unspecified atom stereocenters. The van der Waals surface area contributed by atoms with E-state index < -0.39 is 0 Å². The molecule has 0 aromatic rings. The molecule has 2 nitrogen and oxygen atoms in total. The molecule has 0 saturated carbocycles. The third-order valence-corrected chi connectivity index (χ3v) is 3.16. The zero-order valence-electron chi connectivity index (χ0n) is 8.88. The van der Waals surface area contributed by atoms with Gasteiger partial charge in [0, 0.05) is 0 Å². The largest absolute Gasteiger partial charge is 0.465 e. The molecule has 1 fully saturated rings. The summed E-state index contributed by atoms with van der Waals surface area (Å²) in [5.41, 5.74) is 0. The first-order valence-corrected chi connectivity index (χ1v) is 5.31. The third kappa shape index (κ3) is 2.71. The van der Waals surface area contributed by atoms with E-state index >= 15 is 0 Å². The first kappa shape index (κ1) is 10.6. The van der Waals surface area contributed by atoms with Gasteiger partial charge in [-0.05, 0) is 24.7 Å². The topological polar surface area (TPSA) is 26.3 Å². The van der Waals surface area contributed by atoms with Crippen molar-refractivity contribution in [2.24, 2.45) is 17.8 Å². The van der Waals surface area contributed by atoms with Gasteiger partial charge in [0.15, 0.2) is 0 Å². The highest BCUT2D eigenvalue weighted by molar-refractivity contribution is 5.72. The van der Waals surface area contributed by atoms with Crippen LogP contribution in [0.2, 0.25) is 0 Å². The lowest BCUT2D eigenvalue weighted by Gasteiger charge is -2.27. The summed E-state index contributed by atoms with van der Waals surface area (Å²) in [6, 6.07) is 0. The van der Waals surface area contributed by atoms with Gasteiger partial charge >= 0.3 is 5.97 Å². The summed E-state index contributed by atoms with van der Waals surface area (Å²) in [6.07, 6.45) is 3.28. The van der Waals surface area contributed by atoms with Gasteiger partial charge in [-0.2, -0.15) is 0 Å². The van der Waals surface area contributed by atoms with Crippen LogP contribution in [0.3, 0.4) is 0 Å². The Hall–Kier alpha value is -0.530. The fraction of sp³-hybridized carbons (Fsp3) is 0.909. The van der Waals surface area contributed by atoms with Crippen LogP contribution in [0.25, 0.3) is 0 Å². The summed E-state index contributed by atoms with van der Waals surface area (Å²) in [6.45, 7) is 7.01. The lowest BCUT2D eigenvalue weighted by atomic mass is 9.82. The maximum Gasteiger partial charge on any atom is 0.308 e. The fourth-order valence-electron chi connectivity index (χ4n) is 2.04. The highest BCUT2D eigenvalue weighted by atomic mass is 16.5. The summed E-state index contributed by atoms with van der Waals surface area (Å²) in [4.78, 5) is 11.4. The SMILES string of the molecule is CCC1CC(C)CCOC(=O)C1C.